The number of benzene rings is 2. The molecule has 5 nitrogen and oxygen atoms in total. The molecule has 3 rings (SSSR count). The largest absolute Gasteiger partial charge is 1.00 e. The predicted octanol–water partition coefficient (Wildman–Crippen LogP) is 0.615. The first-order valence-corrected chi connectivity index (χ1v) is 9.49. The number of halogens is 1. The van der Waals surface area contributed by atoms with E-state index in [4.69, 9.17) is 14.2 Å². The van der Waals surface area contributed by atoms with Gasteiger partial charge in [0, 0.05) is 17.2 Å². The Morgan fingerprint density at radius 1 is 0.867 bits per heavy atom. The van der Waals surface area contributed by atoms with E-state index in [9.17, 15) is 4.79 Å². The summed E-state index contributed by atoms with van der Waals surface area (Å²) in [5.74, 6) is 1.08. The van der Waals surface area contributed by atoms with Crippen molar-refractivity contribution in [1.82, 2.24) is 0 Å². The van der Waals surface area contributed by atoms with Gasteiger partial charge in [0.2, 0.25) is 0 Å². The number of pyridine rings is 1. The number of hydrogen-bond acceptors (Lipinski definition) is 4. The summed E-state index contributed by atoms with van der Waals surface area (Å²) in [7, 11) is 4.65. The summed E-state index contributed by atoms with van der Waals surface area (Å²) in [6.45, 7) is 0.742. The Kier molecular flexibility index (Phi) is 9.11. The van der Waals surface area contributed by atoms with Crippen molar-refractivity contribution in [2.75, 3.05) is 21.3 Å². The Morgan fingerprint density at radius 2 is 1.60 bits per heavy atom. The molecule has 6 heteroatoms. The van der Waals surface area contributed by atoms with E-state index >= 15 is 0 Å². The molecule has 0 amide bonds. The summed E-state index contributed by atoms with van der Waals surface area (Å²) in [4.78, 5) is 12.2. The molecule has 0 radical (unpaired) electrons. The molecule has 30 heavy (non-hydrogen) atoms. The maximum Gasteiger partial charge on any atom is 0.338 e. The van der Waals surface area contributed by atoms with Gasteiger partial charge in [-0.05, 0) is 30.5 Å². The van der Waals surface area contributed by atoms with Gasteiger partial charge in [0.15, 0.2) is 30.4 Å². The van der Waals surface area contributed by atoms with E-state index in [1.54, 1.807) is 14.2 Å². The number of carbonyl (C=O) groups excluding carboxylic acids is 1. The fraction of sp³-hybridized carbons (Fsp3) is 0.250. The van der Waals surface area contributed by atoms with E-state index < -0.39 is 0 Å². The van der Waals surface area contributed by atoms with Crippen LogP contribution in [-0.4, -0.2) is 27.3 Å². The molecule has 0 aliphatic heterocycles. The topological polar surface area (TPSA) is 48.6 Å². The lowest BCUT2D eigenvalue weighted by atomic mass is 10.0. The number of carbonyl (C=O) groups is 1. The van der Waals surface area contributed by atoms with Crippen LogP contribution in [0.1, 0.15) is 27.0 Å². The second-order valence-corrected chi connectivity index (χ2v) is 6.72. The van der Waals surface area contributed by atoms with E-state index in [2.05, 4.69) is 16.7 Å². The predicted molar refractivity (Wildman–Crippen MR) is 110 cm³/mol. The minimum Gasteiger partial charge on any atom is -1.00 e. The molecule has 1 heterocycles. The van der Waals surface area contributed by atoms with Crippen LogP contribution in [0.15, 0.2) is 67.0 Å². The lowest BCUT2D eigenvalue weighted by Crippen LogP contribution is -3.00. The standard InChI is InChI=1S/C24H26NO4.HI/c1-27-22-12-10-18(15-23(22)28-2)9-11-20-17-25(14-13-21(20)24(26)29-3)16-19-7-5-4-6-8-19;/h4-8,10,12-15,17H,9,11,16H2,1-3H3;1H/q+1;/p-1. The number of aryl methyl sites for hydroxylation is 2. The van der Waals surface area contributed by atoms with Gasteiger partial charge in [-0.3, -0.25) is 0 Å². The Balaban J connectivity index is 0.00000320. The van der Waals surface area contributed by atoms with Crippen molar-refractivity contribution >= 4 is 5.97 Å². The maximum absolute atomic E-state index is 12.2. The van der Waals surface area contributed by atoms with Crippen LogP contribution < -0.4 is 38.0 Å². The first-order valence-electron chi connectivity index (χ1n) is 9.49. The van der Waals surface area contributed by atoms with Gasteiger partial charge in [-0.2, -0.15) is 0 Å². The van der Waals surface area contributed by atoms with Crippen LogP contribution in [-0.2, 0) is 24.1 Å². The molecule has 0 saturated carbocycles. The monoisotopic (exact) mass is 519 g/mol. The van der Waals surface area contributed by atoms with Gasteiger partial charge in [0.1, 0.15) is 0 Å². The van der Waals surface area contributed by atoms with Gasteiger partial charge in [-0.1, -0.05) is 36.4 Å². The molecule has 2 aromatic carbocycles. The number of nitrogens with zero attached hydrogens (tertiary/aromatic N) is 1. The summed E-state index contributed by atoms with van der Waals surface area (Å²) in [6, 6.07) is 17.9. The van der Waals surface area contributed by atoms with Crippen LogP contribution in [0.2, 0.25) is 0 Å². The van der Waals surface area contributed by atoms with Gasteiger partial charge < -0.3 is 38.2 Å². The summed E-state index contributed by atoms with van der Waals surface area (Å²) in [6.07, 6.45) is 5.41. The van der Waals surface area contributed by atoms with Crippen LogP contribution in [0, 0.1) is 0 Å². The molecule has 158 valence electrons. The van der Waals surface area contributed by atoms with Crippen molar-refractivity contribution in [3.05, 3.63) is 89.2 Å². The van der Waals surface area contributed by atoms with Gasteiger partial charge >= 0.3 is 5.97 Å². The Morgan fingerprint density at radius 3 is 2.27 bits per heavy atom. The lowest BCUT2D eigenvalue weighted by Gasteiger charge is -2.10. The minimum absolute atomic E-state index is 0. The zero-order valence-electron chi connectivity index (χ0n) is 17.4. The Hall–Kier alpha value is -2.61. The molecule has 0 unspecified atom stereocenters. The van der Waals surface area contributed by atoms with E-state index in [0.717, 1.165) is 24.1 Å². The van der Waals surface area contributed by atoms with Crippen molar-refractivity contribution in [2.24, 2.45) is 0 Å². The van der Waals surface area contributed by atoms with E-state index in [-0.39, 0.29) is 29.9 Å². The highest BCUT2D eigenvalue weighted by Crippen LogP contribution is 2.28. The maximum atomic E-state index is 12.2. The second-order valence-electron chi connectivity index (χ2n) is 6.72. The minimum atomic E-state index is -0.320. The number of ether oxygens (including phenoxy) is 3. The van der Waals surface area contributed by atoms with Gasteiger partial charge in [0.25, 0.3) is 0 Å². The van der Waals surface area contributed by atoms with Crippen molar-refractivity contribution in [2.45, 2.75) is 19.4 Å². The van der Waals surface area contributed by atoms with E-state index in [1.807, 2.05) is 54.9 Å². The molecule has 1 aromatic heterocycles. The zero-order chi connectivity index (χ0) is 20.6. The molecule has 0 fully saturated rings. The third-order valence-electron chi connectivity index (χ3n) is 4.84. The molecule has 0 aliphatic carbocycles. The Bertz CT molecular complexity index is 976. The number of methoxy groups -OCH3 is 3. The van der Waals surface area contributed by atoms with Crippen LogP contribution >= 0.6 is 0 Å². The highest BCUT2D eigenvalue weighted by molar-refractivity contribution is 5.90. The summed E-state index contributed by atoms with van der Waals surface area (Å²) < 4.78 is 17.8. The highest BCUT2D eigenvalue weighted by atomic mass is 127. The molecule has 0 saturated heterocycles. The van der Waals surface area contributed by atoms with Crippen LogP contribution in [0.4, 0.5) is 0 Å². The number of esters is 1. The molecule has 0 bridgehead atoms. The van der Waals surface area contributed by atoms with Crippen LogP contribution in [0.25, 0.3) is 0 Å². The molecular weight excluding hydrogens is 493 g/mol. The quantitative estimate of drug-likeness (QED) is 0.249. The molecule has 0 N–H and O–H groups in total. The normalized spacial score (nSPS) is 10.1. The number of rotatable bonds is 8. The van der Waals surface area contributed by atoms with Crippen molar-refractivity contribution < 1.29 is 47.5 Å². The number of hydrogen-bond donors (Lipinski definition) is 0. The van der Waals surface area contributed by atoms with Crippen LogP contribution in [0.3, 0.4) is 0 Å². The summed E-state index contributed by atoms with van der Waals surface area (Å²) >= 11 is 0. The molecule has 0 atom stereocenters. The van der Waals surface area contributed by atoms with Gasteiger partial charge in [0.05, 0.1) is 26.9 Å². The third kappa shape index (κ3) is 5.95. The fourth-order valence-electron chi connectivity index (χ4n) is 3.31. The van der Waals surface area contributed by atoms with Crippen LogP contribution in [0.5, 0.6) is 11.5 Å². The number of aromatic nitrogens is 1. The first kappa shape index (κ1) is 23.7. The summed E-state index contributed by atoms with van der Waals surface area (Å²) in [5.41, 5.74) is 3.86. The first-order chi connectivity index (χ1) is 14.1. The van der Waals surface area contributed by atoms with E-state index in [0.29, 0.717) is 23.5 Å². The van der Waals surface area contributed by atoms with Crippen molar-refractivity contribution in [3.63, 3.8) is 0 Å². The fourth-order valence-corrected chi connectivity index (χ4v) is 3.31. The van der Waals surface area contributed by atoms with E-state index in [1.165, 1.54) is 12.7 Å². The average molecular weight is 519 g/mol. The van der Waals surface area contributed by atoms with Crippen molar-refractivity contribution in [3.8, 4) is 11.5 Å². The Labute approximate surface area is 194 Å². The summed E-state index contributed by atoms with van der Waals surface area (Å²) in [5, 5.41) is 0. The molecular formula is C24H26INO4. The zero-order valence-corrected chi connectivity index (χ0v) is 19.6. The third-order valence-corrected chi connectivity index (χ3v) is 4.84. The molecule has 3 aromatic rings. The lowest BCUT2D eigenvalue weighted by molar-refractivity contribution is -0.688. The van der Waals surface area contributed by atoms with Gasteiger partial charge in [-0.25, -0.2) is 9.36 Å². The molecule has 0 spiro atoms. The molecule has 0 aliphatic rings. The SMILES string of the molecule is COC(=O)c1cc[n+](Cc2ccccc2)cc1CCc1ccc(OC)c(OC)c1.[I-]. The highest BCUT2D eigenvalue weighted by Gasteiger charge is 2.17. The van der Waals surface area contributed by atoms with Crippen molar-refractivity contribution in [1.29, 1.82) is 0 Å². The average Bonchev–Trinajstić information content (AvgIpc) is 2.77. The smallest absolute Gasteiger partial charge is 0.338 e. The second kappa shape index (κ2) is 11.5. The van der Waals surface area contributed by atoms with Gasteiger partial charge in [-0.15, -0.1) is 0 Å².